The molecule has 138 valence electrons. The fourth-order valence-electron chi connectivity index (χ4n) is 3.61. The number of aryl methyl sites for hydroxylation is 2. The number of aromatic nitrogens is 3. The Bertz CT molecular complexity index is 1150. The molecule has 5 nitrogen and oxygen atoms in total. The molecule has 5 rings (SSSR count). The average molecular weight is 386 g/mol. The highest BCUT2D eigenvalue weighted by atomic mass is 32.1. The third-order valence-electron chi connectivity index (χ3n) is 4.99. The Labute approximate surface area is 166 Å². The second kappa shape index (κ2) is 7.05. The molecule has 3 heterocycles. The fourth-order valence-corrected chi connectivity index (χ4v) is 4.80. The van der Waals surface area contributed by atoms with Crippen LogP contribution in [0.4, 0.5) is 0 Å². The summed E-state index contributed by atoms with van der Waals surface area (Å²) in [7, 11) is 0. The van der Waals surface area contributed by atoms with Crippen LogP contribution in [0, 0.1) is 0 Å². The van der Waals surface area contributed by atoms with Crippen molar-refractivity contribution in [2.24, 2.45) is 0 Å². The highest BCUT2D eigenvalue weighted by molar-refractivity contribution is 7.17. The molecule has 0 radical (unpaired) electrons. The van der Waals surface area contributed by atoms with Crippen LogP contribution in [0.3, 0.4) is 0 Å². The van der Waals surface area contributed by atoms with Gasteiger partial charge in [0.15, 0.2) is 5.82 Å². The first-order chi connectivity index (χ1) is 13.8. The molecule has 1 aliphatic rings. The topological polar surface area (TPSA) is 59.8 Å². The summed E-state index contributed by atoms with van der Waals surface area (Å²) in [4.78, 5) is 19.2. The smallest absolute Gasteiger partial charge is 0.261 e. The van der Waals surface area contributed by atoms with E-state index in [1.54, 1.807) is 28.4 Å². The number of carbonyl (C=O) groups is 1. The predicted octanol–water partition coefficient (Wildman–Crippen LogP) is 4.02. The van der Waals surface area contributed by atoms with Crippen LogP contribution in [-0.2, 0) is 19.4 Å². The summed E-state index contributed by atoms with van der Waals surface area (Å²) in [6.45, 7) is 0.404. The van der Waals surface area contributed by atoms with E-state index < -0.39 is 0 Å². The molecular weight excluding hydrogens is 368 g/mol. The van der Waals surface area contributed by atoms with Crippen LogP contribution in [-0.4, -0.2) is 20.7 Å². The highest BCUT2D eigenvalue weighted by Crippen LogP contribution is 2.39. The number of nitrogens with one attached hydrogen (secondary N) is 1. The molecule has 0 saturated carbocycles. The van der Waals surface area contributed by atoms with E-state index in [0.717, 1.165) is 29.1 Å². The normalized spacial score (nSPS) is 12.3. The number of thiophene rings is 1. The lowest BCUT2D eigenvalue weighted by atomic mass is 9.91. The maximum atomic E-state index is 12.8. The number of nitrogens with zero attached hydrogens (tertiary/aromatic N) is 3. The number of hydrogen-bond acceptors (Lipinski definition) is 4. The number of benzene rings is 1. The van der Waals surface area contributed by atoms with Crippen molar-refractivity contribution < 1.29 is 4.79 Å². The molecule has 0 atom stereocenters. The highest BCUT2D eigenvalue weighted by Gasteiger charge is 2.21. The average Bonchev–Trinajstić information content (AvgIpc) is 3.42. The predicted molar refractivity (Wildman–Crippen MR) is 110 cm³/mol. The molecule has 28 heavy (non-hydrogen) atoms. The lowest BCUT2D eigenvalue weighted by Gasteiger charge is -2.15. The van der Waals surface area contributed by atoms with Crippen LogP contribution in [0.1, 0.15) is 26.4 Å². The monoisotopic (exact) mass is 386 g/mol. The van der Waals surface area contributed by atoms with Crippen molar-refractivity contribution in [1.29, 1.82) is 0 Å². The van der Waals surface area contributed by atoms with E-state index >= 15 is 0 Å². The molecule has 0 saturated heterocycles. The Morgan fingerprint density at radius 2 is 1.96 bits per heavy atom. The first-order valence-electron chi connectivity index (χ1n) is 9.23. The number of carbonyl (C=O) groups excluding carboxylic acids is 1. The molecule has 0 fully saturated rings. The van der Waals surface area contributed by atoms with Crippen molar-refractivity contribution in [3.05, 3.63) is 88.7 Å². The van der Waals surface area contributed by atoms with E-state index in [1.165, 1.54) is 21.6 Å². The van der Waals surface area contributed by atoms with E-state index in [0.29, 0.717) is 6.54 Å². The van der Waals surface area contributed by atoms with Crippen LogP contribution in [0.5, 0.6) is 0 Å². The molecule has 4 aromatic rings. The van der Waals surface area contributed by atoms with Gasteiger partial charge >= 0.3 is 0 Å². The van der Waals surface area contributed by atoms with Crippen LogP contribution < -0.4 is 5.32 Å². The van der Waals surface area contributed by atoms with Crippen LogP contribution in [0.15, 0.2) is 67.1 Å². The van der Waals surface area contributed by atoms with Gasteiger partial charge in [-0.3, -0.25) is 4.79 Å². The largest absolute Gasteiger partial charge is 0.347 e. The van der Waals surface area contributed by atoms with Gasteiger partial charge in [-0.25, -0.2) is 9.67 Å². The quantitative estimate of drug-likeness (QED) is 0.576. The van der Waals surface area contributed by atoms with Gasteiger partial charge in [0.25, 0.3) is 5.91 Å². The third-order valence-corrected chi connectivity index (χ3v) is 6.20. The molecule has 1 aliphatic carbocycles. The zero-order valence-corrected chi connectivity index (χ0v) is 15.9. The molecular formula is C22H18N4OS. The van der Waals surface area contributed by atoms with E-state index in [9.17, 15) is 4.79 Å². The van der Waals surface area contributed by atoms with E-state index in [2.05, 4.69) is 39.7 Å². The number of amides is 1. The summed E-state index contributed by atoms with van der Waals surface area (Å²) >= 11 is 1.58. The van der Waals surface area contributed by atoms with Crippen molar-refractivity contribution in [3.8, 4) is 16.3 Å². The second-order valence-electron chi connectivity index (χ2n) is 6.74. The van der Waals surface area contributed by atoms with Crippen molar-refractivity contribution in [2.45, 2.75) is 19.4 Å². The van der Waals surface area contributed by atoms with Gasteiger partial charge in [-0.1, -0.05) is 30.3 Å². The van der Waals surface area contributed by atoms with Crippen LogP contribution >= 0.6 is 11.3 Å². The SMILES string of the molecule is O=C(NCc1cccnc1-n1cccn1)c1cc2c(s1)-c1ccccc1CC2. The minimum atomic E-state index is -0.0489. The molecule has 1 aromatic carbocycles. The van der Waals surface area contributed by atoms with Gasteiger partial charge in [0.05, 0.1) is 4.88 Å². The second-order valence-corrected chi connectivity index (χ2v) is 7.79. The summed E-state index contributed by atoms with van der Waals surface area (Å²) < 4.78 is 1.71. The summed E-state index contributed by atoms with van der Waals surface area (Å²) in [5.74, 6) is 0.680. The van der Waals surface area contributed by atoms with E-state index in [1.807, 2.05) is 30.5 Å². The van der Waals surface area contributed by atoms with E-state index in [4.69, 9.17) is 0 Å². The van der Waals surface area contributed by atoms with Gasteiger partial charge in [0.2, 0.25) is 0 Å². The minimum absolute atomic E-state index is 0.0489. The van der Waals surface area contributed by atoms with Crippen molar-refractivity contribution in [3.63, 3.8) is 0 Å². The first kappa shape index (κ1) is 16.9. The molecule has 6 heteroatoms. The Morgan fingerprint density at radius 1 is 1.07 bits per heavy atom. The first-order valence-corrected chi connectivity index (χ1v) is 10.0. The number of hydrogen-bond donors (Lipinski definition) is 1. The van der Waals surface area contributed by atoms with Gasteiger partial charge in [-0.05, 0) is 47.7 Å². The molecule has 0 unspecified atom stereocenters. The summed E-state index contributed by atoms with van der Waals surface area (Å²) in [6.07, 6.45) is 7.31. The Kier molecular flexibility index (Phi) is 4.25. The lowest BCUT2D eigenvalue weighted by Crippen LogP contribution is -2.23. The van der Waals surface area contributed by atoms with Gasteiger partial charge in [-0.15, -0.1) is 11.3 Å². The molecule has 1 amide bonds. The zero-order chi connectivity index (χ0) is 18.9. The summed E-state index contributed by atoms with van der Waals surface area (Å²) in [5, 5.41) is 7.28. The van der Waals surface area contributed by atoms with Gasteiger partial charge < -0.3 is 5.32 Å². The Morgan fingerprint density at radius 3 is 2.86 bits per heavy atom. The Balaban J connectivity index is 1.37. The minimum Gasteiger partial charge on any atom is -0.347 e. The van der Waals surface area contributed by atoms with Crippen LogP contribution in [0.2, 0.25) is 0 Å². The van der Waals surface area contributed by atoms with Crippen LogP contribution in [0.25, 0.3) is 16.3 Å². The zero-order valence-electron chi connectivity index (χ0n) is 15.1. The van der Waals surface area contributed by atoms with Crippen molar-refractivity contribution in [1.82, 2.24) is 20.1 Å². The maximum absolute atomic E-state index is 12.8. The summed E-state index contributed by atoms with van der Waals surface area (Å²) in [6, 6.07) is 16.2. The van der Waals surface area contributed by atoms with Gasteiger partial charge in [-0.2, -0.15) is 5.10 Å². The molecule has 0 spiro atoms. The number of fused-ring (bicyclic) bond motifs is 3. The number of rotatable bonds is 4. The summed E-state index contributed by atoms with van der Waals surface area (Å²) in [5.41, 5.74) is 4.82. The molecule has 1 N–H and O–H groups in total. The maximum Gasteiger partial charge on any atom is 0.261 e. The number of pyridine rings is 1. The van der Waals surface area contributed by atoms with Crippen molar-refractivity contribution in [2.75, 3.05) is 0 Å². The molecule has 3 aromatic heterocycles. The standard InChI is InChI=1S/C22H18N4OS/c27-22(24-14-17-6-3-10-23-21(17)26-12-4-11-25-26)19-13-16-9-8-15-5-1-2-7-18(15)20(16)28-19/h1-7,10-13H,8-9,14H2,(H,24,27). The molecule has 0 bridgehead atoms. The van der Waals surface area contributed by atoms with Gasteiger partial charge in [0.1, 0.15) is 0 Å². The van der Waals surface area contributed by atoms with Crippen molar-refractivity contribution >= 4 is 17.2 Å². The third kappa shape index (κ3) is 3.01. The molecule has 0 aliphatic heterocycles. The van der Waals surface area contributed by atoms with Gasteiger partial charge in [0, 0.05) is 35.6 Å². The van der Waals surface area contributed by atoms with E-state index in [-0.39, 0.29) is 5.91 Å². The fraction of sp³-hybridized carbons (Fsp3) is 0.136. The Hall–Kier alpha value is -3.25. The lowest BCUT2D eigenvalue weighted by molar-refractivity contribution is 0.0955.